The molecule has 1 aliphatic heterocycles. The molecule has 6 heteroatoms. The summed E-state index contributed by atoms with van der Waals surface area (Å²) < 4.78 is 11.7. The molecule has 2 unspecified atom stereocenters. The number of amides is 2. The van der Waals surface area contributed by atoms with Crippen LogP contribution in [0.3, 0.4) is 0 Å². The lowest BCUT2D eigenvalue weighted by molar-refractivity contribution is -0.131. The van der Waals surface area contributed by atoms with Crippen LogP contribution < -0.4 is 0 Å². The SMILES string of the molecule is C=CCC1CC(CO[Si](C)(C)C(C)(C)C)N(C(=O)OC(C)(C)C)C1=O. The third kappa shape index (κ3) is 5.68. The summed E-state index contributed by atoms with van der Waals surface area (Å²) in [4.78, 5) is 26.5. The highest BCUT2D eigenvalue weighted by Gasteiger charge is 2.46. The molecule has 0 spiro atoms. The van der Waals surface area contributed by atoms with Gasteiger partial charge in [0.25, 0.3) is 0 Å². The fourth-order valence-corrected chi connectivity index (χ4v) is 3.57. The quantitative estimate of drug-likeness (QED) is 0.519. The maximum absolute atomic E-state index is 12.7. The Morgan fingerprint density at radius 1 is 1.28 bits per heavy atom. The van der Waals surface area contributed by atoms with E-state index in [9.17, 15) is 9.59 Å². The van der Waals surface area contributed by atoms with Gasteiger partial charge in [-0.3, -0.25) is 4.79 Å². The molecule has 0 aliphatic carbocycles. The first-order valence-electron chi connectivity index (χ1n) is 9.00. The Morgan fingerprint density at radius 2 is 1.84 bits per heavy atom. The van der Waals surface area contributed by atoms with Crippen molar-refractivity contribution < 1.29 is 18.8 Å². The largest absolute Gasteiger partial charge is 0.443 e. The number of hydrogen-bond donors (Lipinski definition) is 0. The van der Waals surface area contributed by atoms with Gasteiger partial charge in [0, 0.05) is 5.92 Å². The molecule has 0 N–H and O–H groups in total. The second kappa shape index (κ2) is 7.62. The van der Waals surface area contributed by atoms with Gasteiger partial charge < -0.3 is 9.16 Å². The summed E-state index contributed by atoms with van der Waals surface area (Å²) in [7, 11) is -1.96. The molecule has 0 aromatic heterocycles. The Hall–Kier alpha value is -1.14. The average Bonchev–Trinajstić information content (AvgIpc) is 2.70. The van der Waals surface area contributed by atoms with E-state index < -0.39 is 20.0 Å². The zero-order chi connectivity index (χ0) is 19.6. The standard InChI is InChI=1S/C19H35NO4Si/c1-10-11-14-12-15(13-23-25(8,9)19(5,6)7)20(16(14)21)17(22)24-18(2,3)4/h10,14-15H,1,11-13H2,2-9H3. The number of carbonyl (C=O) groups is 2. The van der Waals surface area contributed by atoms with Crippen molar-refractivity contribution in [3.63, 3.8) is 0 Å². The predicted octanol–water partition coefficient (Wildman–Crippen LogP) is 4.74. The Bertz CT molecular complexity index is 516. The van der Waals surface area contributed by atoms with Crippen LogP contribution in [0.25, 0.3) is 0 Å². The summed E-state index contributed by atoms with van der Waals surface area (Å²) in [6.07, 6.45) is 2.31. The number of carbonyl (C=O) groups excluding carboxylic acids is 2. The van der Waals surface area contributed by atoms with Crippen LogP contribution in [-0.2, 0) is 14.0 Å². The zero-order valence-corrected chi connectivity index (χ0v) is 18.1. The van der Waals surface area contributed by atoms with Crippen LogP contribution in [0.5, 0.6) is 0 Å². The van der Waals surface area contributed by atoms with Crippen LogP contribution in [0.2, 0.25) is 18.1 Å². The number of allylic oxidation sites excluding steroid dienone is 1. The van der Waals surface area contributed by atoms with Crippen molar-refractivity contribution in [3.8, 4) is 0 Å². The lowest BCUT2D eigenvalue weighted by atomic mass is 10.0. The fraction of sp³-hybridized carbons (Fsp3) is 0.789. The number of likely N-dealkylation sites (tertiary alicyclic amines) is 1. The molecule has 144 valence electrons. The molecule has 25 heavy (non-hydrogen) atoms. The van der Waals surface area contributed by atoms with Crippen LogP contribution in [0.1, 0.15) is 54.4 Å². The first kappa shape index (κ1) is 21.9. The monoisotopic (exact) mass is 369 g/mol. The van der Waals surface area contributed by atoms with Gasteiger partial charge in [0.1, 0.15) is 5.60 Å². The van der Waals surface area contributed by atoms with E-state index in [1.165, 1.54) is 4.90 Å². The summed E-state index contributed by atoms with van der Waals surface area (Å²) in [6.45, 7) is 20.3. The van der Waals surface area contributed by atoms with E-state index in [1.54, 1.807) is 26.8 Å². The highest BCUT2D eigenvalue weighted by molar-refractivity contribution is 6.74. The maximum atomic E-state index is 12.7. The van der Waals surface area contributed by atoms with Crippen LogP contribution in [0.15, 0.2) is 12.7 Å². The van der Waals surface area contributed by atoms with E-state index in [4.69, 9.17) is 9.16 Å². The van der Waals surface area contributed by atoms with Crippen molar-refractivity contribution in [2.45, 2.75) is 84.2 Å². The molecular weight excluding hydrogens is 334 g/mol. The van der Waals surface area contributed by atoms with Gasteiger partial charge in [-0.15, -0.1) is 6.58 Å². The summed E-state index contributed by atoms with van der Waals surface area (Å²) in [6, 6.07) is -0.276. The number of ether oxygens (including phenoxy) is 1. The van der Waals surface area contributed by atoms with Crippen LogP contribution in [0.4, 0.5) is 4.79 Å². The van der Waals surface area contributed by atoms with E-state index in [-0.39, 0.29) is 22.9 Å². The summed E-state index contributed by atoms with van der Waals surface area (Å²) in [5.74, 6) is -0.406. The van der Waals surface area contributed by atoms with Gasteiger partial charge in [-0.2, -0.15) is 0 Å². The van der Waals surface area contributed by atoms with Gasteiger partial charge in [0.15, 0.2) is 8.32 Å². The molecule has 2 amide bonds. The fourth-order valence-electron chi connectivity index (χ4n) is 2.52. The van der Waals surface area contributed by atoms with Crippen LogP contribution in [-0.4, -0.2) is 43.5 Å². The van der Waals surface area contributed by atoms with Gasteiger partial charge in [-0.05, 0) is 51.7 Å². The molecule has 5 nitrogen and oxygen atoms in total. The zero-order valence-electron chi connectivity index (χ0n) is 17.1. The van der Waals surface area contributed by atoms with Crippen molar-refractivity contribution in [2.24, 2.45) is 5.92 Å². The third-order valence-corrected chi connectivity index (χ3v) is 9.49. The normalized spacial score (nSPS) is 22.2. The smallest absolute Gasteiger partial charge is 0.417 e. The molecule has 1 rings (SSSR count). The number of hydrogen-bond acceptors (Lipinski definition) is 4. The third-order valence-electron chi connectivity index (χ3n) is 4.99. The van der Waals surface area contributed by atoms with Gasteiger partial charge in [0.05, 0.1) is 12.6 Å². The number of nitrogens with zero attached hydrogens (tertiary/aromatic N) is 1. The minimum atomic E-state index is -1.96. The first-order valence-corrected chi connectivity index (χ1v) is 11.9. The Morgan fingerprint density at radius 3 is 2.28 bits per heavy atom. The number of rotatable bonds is 5. The summed E-state index contributed by atoms with van der Waals surface area (Å²) in [5.41, 5.74) is -0.640. The molecule has 1 aliphatic rings. The molecule has 0 aromatic carbocycles. The van der Waals surface area contributed by atoms with Crippen LogP contribution in [0, 0.1) is 5.92 Å². The highest BCUT2D eigenvalue weighted by atomic mass is 28.4. The first-order chi connectivity index (χ1) is 11.2. The Kier molecular flexibility index (Phi) is 6.67. The molecular formula is C19H35NO4Si. The molecule has 0 saturated carbocycles. The summed E-state index contributed by atoms with van der Waals surface area (Å²) >= 11 is 0. The van der Waals surface area contributed by atoms with Crippen molar-refractivity contribution >= 4 is 20.3 Å². The second-order valence-corrected chi connectivity index (χ2v) is 14.2. The van der Waals surface area contributed by atoms with E-state index >= 15 is 0 Å². The van der Waals surface area contributed by atoms with E-state index in [0.29, 0.717) is 19.4 Å². The van der Waals surface area contributed by atoms with Crippen molar-refractivity contribution in [1.29, 1.82) is 0 Å². The molecule has 0 radical (unpaired) electrons. The second-order valence-electron chi connectivity index (χ2n) is 9.37. The van der Waals surface area contributed by atoms with Gasteiger partial charge >= 0.3 is 6.09 Å². The Labute approximate surface area is 153 Å². The molecule has 1 fully saturated rings. The van der Waals surface area contributed by atoms with Gasteiger partial charge in [0.2, 0.25) is 5.91 Å². The topological polar surface area (TPSA) is 55.8 Å². The molecule has 1 saturated heterocycles. The lowest BCUT2D eigenvalue weighted by Crippen LogP contribution is -2.48. The number of imide groups is 1. The molecule has 1 heterocycles. The molecule has 0 bridgehead atoms. The lowest BCUT2D eigenvalue weighted by Gasteiger charge is -2.37. The average molecular weight is 370 g/mol. The molecule has 0 aromatic rings. The predicted molar refractivity (Wildman–Crippen MR) is 103 cm³/mol. The highest BCUT2D eigenvalue weighted by Crippen LogP contribution is 2.38. The van der Waals surface area contributed by atoms with E-state index in [1.807, 2.05) is 0 Å². The summed E-state index contributed by atoms with van der Waals surface area (Å²) in [5, 5.41) is 0.0763. The van der Waals surface area contributed by atoms with Gasteiger partial charge in [-0.1, -0.05) is 26.8 Å². The molecule has 2 atom stereocenters. The van der Waals surface area contributed by atoms with Crippen LogP contribution >= 0.6 is 0 Å². The van der Waals surface area contributed by atoms with E-state index in [0.717, 1.165) is 0 Å². The maximum Gasteiger partial charge on any atom is 0.417 e. The van der Waals surface area contributed by atoms with Gasteiger partial charge in [-0.25, -0.2) is 9.69 Å². The van der Waals surface area contributed by atoms with Crippen molar-refractivity contribution in [3.05, 3.63) is 12.7 Å². The minimum absolute atomic E-state index is 0.0763. The van der Waals surface area contributed by atoms with E-state index in [2.05, 4.69) is 40.4 Å². The van der Waals surface area contributed by atoms with Crippen molar-refractivity contribution in [2.75, 3.05) is 6.61 Å². The Balaban J connectivity index is 2.94. The minimum Gasteiger partial charge on any atom is -0.443 e. The van der Waals surface area contributed by atoms with Crippen molar-refractivity contribution in [1.82, 2.24) is 4.90 Å².